The van der Waals surface area contributed by atoms with E-state index in [0.717, 1.165) is 24.8 Å². The number of unbranched alkanes of at least 4 members (excludes halogenated alkanes) is 1. The highest BCUT2D eigenvalue weighted by Crippen LogP contribution is 2.40. The van der Waals surface area contributed by atoms with Crippen LogP contribution in [0.25, 0.3) is 0 Å². The smallest absolute Gasteiger partial charge is 0.133 e. The van der Waals surface area contributed by atoms with E-state index >= 15 is 0 Å². The van der Waals surface area contributed by atoms with Gasteiger partial charge in [0.25, 0.3) is 0 Å². The summed E-state index contributed by atoms with van der Waals surface area (Å²) in [6.45, 7) is 2.10. The number of hydrogen-bond donors (Lipinski definition) is 2. The molecule has 0 spiro atoms. The first-order valence-electron chi connectivity index (χ1n) is 4.46. The van der Waals surface area contributed by atoms with E-state index in [2.05, 4.69) is 38.8 Å². The average Bonchev–Trinajstić information content (AvgIpc) is 2.15. The van der Waals surface area contributed by atoms with Crippen LogP contribution in [0.2, 0.25) is 0 Å². The maximum atomic E-state index is 9.48. The molecule has 0 fully saturated rings. The van der Waals surface area contributed by atoms with Crippen LogP contribution in [0.5, 0.6) is 11.5 Å². The molecule has 0 atom stereocenters. The Kier molecular flexibility index (Phi) is 4.26. The fourth-order valence-electron chi connectivity index (χ4n) is 1.23. The Balaban J connectivity index is 3.11. The third-order valence-corrected chi connectivity index (χ3v) is 3.80. The van der Waals surface area contributed by atoms with Crippen molar-refractivity contribution in [2.75, 3.05) is 0 Å². The lowest BCUT2D eigenvalue weighted by Gasteiger charge is -2.10. The van der Waals surface area contributed by atoms with Gasteiger partial charge in [0.15, 0.2) is 0 Å². The molecule has 78 valence electrons. The van der Waals surface area contributed by atoms with Gasteiger partial charge in [-0.25, -0.2) is 0 Å². The first-order chi connectivity index (χ1) is 6.57. The van der Waals surface area contributed by atoms with Crippen LogP contribution in [0.3, 0.4) is 0 Å². The first kappa shape index (κ1) is 11.9. The van der Waals surface area contributed by atoms with Crippen LogP contribution >= 0.6 is 31.9 Å². The molecule has 0 aliphatic heterocycles. The van der Waals surface area contributed by atoms with E-state index in [1.54, 1.807) is 0 Å². The Labute approximate surface area is 100 Å². The topological polar surface area (TPSA) is 40.5 Å². The summed E-state index contributed by atoms with van der Waals surface area (Å²) in [5.41, 5.74) is 0.921. The molecule has 0 heterocycles. The van der Waals surface area contributed by atoms with Crippen molar-refractivity contribution >= 4 is 31.9 Å². The summed E-state index contributed by atoms with van der Waals surface area (Å²) >= 11 is 6.61. The van der Waals surface area contributed by atoms with E-state index in [0.29, 0.717) is 8.95 Å². The van der Waals surface area contributed by atoms with Crippen LogP contribution in [0.15, 0.2) is 15.0 Å². The normalized spacial score (nSPS) is 10.5. The summed E-state index contributed by atoms with van der Waals surface area (Å²) in [7, 11) is 0. The molecule has 14 heavy (non-hydrogen) atoms. The largest absolute Gasteiger partial charge is 0.507 e. The molecule has 4 heteroatoms. The third-order valence-electron chi connectivity index (χ3n) is 2.03. The van der Waals surface area contributed by atoms with E-state index in [1.807, 2.05) is 0 Å². The minimum absolute atomic E-state index is 0.0804. The molecule has 0 saturated carbocycles. The molecule has 0 bridgehead atoms. The number of benzene rings is 1. The Morgan fingerprint density at radius 3 is 2.07 bits per heavy atom. The molecule has 0 radical (unpaired) electrons. The lowest BCUT2D eigenvalue weighted by atomic mass is 10.1. The second-order valence-electron chi connectivity index (χ2n) is 3.12. The van der Waals surface area contributed by atoms with Crippen LogP contribution < -0.4 is 0 Å². The Bertz CT molecular complexity index is 311. The quantitative estimate of drug-likeness (QED) is 0.883. The minimum atomic E-state index is 0.0804. The van der Waals surface area contributed by atoms with Gasteiger partial charge in [-0.3, -0.25) is 0 Å². The van der Waals surface area contributed by atoms with Crippen LogP contribution in [0.1, 0.15) is 25.3 Å². The van der Waals surface area contributed by atoms with E-state index < -0.39 is 0 Å². The second kappa shape index (κ2) is 5.03. The summed E-state index contributed by atoms with van der Waals surface area (Å²) in [5, 5.41) is 19.0. The monoisotopic (exact) mass is 322 g/mol. The van der Waals surface area contributed by atoms with Crippen molar-refractivity contribution in [3.8, 4) is 11.5 Å². The molecule has 1 aromatic carbocycles. The standard InChI is InChI=1S/C10H12Br2O2/c1-2-3-4-6-9(11)7(13)5-8(14)10(6)12/h5,13-14H,2-4H2,1H3. The van der Waals surface area contributed by atoms with Gasteiger partial charge in [-0.15, -0.1) is 0 Å². The molecule has 1 rings (SSSR count). The van der Waals surface area contributed by atoms with Crippen molar-refractivity contribution in [1.82, 2.24) is 0 Å². The number of hydrogen-bond acceptors (Lipinski definition) is 2. The molecule has 0 saturated heterocycles. The zero-order valence-corrected chi connectivity index (χ0v) is 11.0. The van der Waals surface area contributed by atoms with Gasteiger partial charge in [-0.05, 0) is 50.3 Å². The third kappa shape index (κ3) is 2.42. The summed E-state index contributed by atoms with van der Waals surface area (Å²) < 4.78 is 1.33. The van der Waals surface area contributed by atoms with Crippen LogP contribution in [0, 0.1) is 0 Å². The second-order valence-corrected chi connectivity index (χ2v) is 4.71. The van der Waals surface area contributed by atoms with E-state index in [4.69, 9.17) is 0 Å². The molecule has 0 aromatic heterocycles. The highest BCUT2D eigenvalue weighted by Gasteiger charge is 2.13. The van der Waals surface area contributed by atoms with E-state index in [9.17, 15) is 10.2 Å². The van der Waals surface area contributed by atoms with Gasteiger partial charge in [0, 0.05) is 6.07 Å². The minimum Gasteiger partial charge on any atom is -0.507 e. The lowest BCUT2D eigenvalue weighted by Crippen LogP contribution is -1.90. The number of aromatic hydroxyl groups is 2. The summed E-state index contributed by atoms with van der Waals surface area (Å²) in [6.07, 6.45) is 2.94. The Morgan fingerprint density at radius 1 is 1.14 bits per heavy atom. The van der Waals surface area contributed by atoms with Crippen LogP contribution in [-0.2, 0) is 6.42 Å². The van der Waals surface area contributed by atoms with Crippen molar-refractivity contribution in [1.29, 1.82) is 0 Å². The molecule has 0 amide bonds. The molecule has 1 aromatic rings. The summed E-state index contributed by atoms with van der Waals surface area (Å²) in [6, 6.07) is 1.32. The molecular formula is C10H12Br2O2. The highest BCUT2D eigenvalue weighted by atomic mass is 79.9. The predicted molar refractivity (Wildman–Crippen MR) is 63.8 cm³/mol. The molecular weight excluding hydrogens is 312 g/mol. The number of rotatable bonds is 3. The van der Waals surface area contributed by atoms with E-state index in [1.165, 1.54) is 6.07 Å². The van der Waals surface area contributed by atoms with Gasteiger partial charge in [0.1, 0.15) is 11.5 Å². The zero-order valence-electron chi connectivity index (χ0n) is 7.85. The van der Waals surface area contributed by atoms with Gasteiger partial charge in [-0.2, -0.15) is 0 Å². The zero-order chi connectivity index (χ0) is 10.7. The maximum absolute atomic E-state index is 9.48. The number of halogens is 2. The lowest BCUT2D eigenvalue weighted by molar-refractivity contribution is 0.444. The number of phenols is 2. The fourth-order valence-corrected chi connectivity index (χ4v) is 2.52. The van der Waals surface area contributed by atoms with Gasteiger partial charge in [0.2, 0.25) is 0 Å². The van der Waals surface area contributed by atoms with Crippen molar-refractivity contribution in [3.63, 3.8) is 0 Å². The van der Waals surface area contributed by atoms with E-state index in [-0.39, 0.29) is 11.5 Å². The van der Waals surface area contributed by atoms with Crippen LogP contribution in [0.4, 0.5) is 0 Å². The SMILES string of the molecule is CCCCc1c(Br)c(O)cc(O)c1Br. The Hall–Kier alpha value is -0.220. The first-order valence-corrected chi connectivity index (χ1v) is 6.05. The summed E-state index contributed by atoms with van der Waals surface area (Å²) in [5.74, 6) is 0.161. The maximum Gasteiger partial charge on any atom is 0.133 e. The Morgan fingerprint density at radius 2 is 1.64 bits per heavy atom. The fraction of sp³-hybridized carbons (Fsp3) is 0.400. The predicted octanol–water partition coefficient (Wildman–Crippen LogP) is 3.97. The number of phenolic OH excluding ortho intramolecular Hbond substituents is 2. The summed E-state index contributed by atoms with van der Waals surface area (Å²) in [4.78, 5) is 0. The van der Waals surface area contributed by atoms with Crippen molar-refractivity contribution in [2.24, 2.45) is 0 Å². The van der Waals surface area contributed by atoms with Gasteiger partial charge >= 0.3 is 0 Å². The molecule has 2 nitrogen and oxygen atoms in total. The average molecular weight is 324 g/mol. The van der Waals surface area contributed by atoms with Crippen molar-refractivity contribution < 1.29 is 10.2 Å². The highest BCUT2D eigenvalue weighted by molar-refractivity contribution is 9.11. The van der Waals surface area contributed by atoms with Crippen molar-refractivity contribution in [3.05, 3.63) is 20.6 Å². The van der Waals surface area contributed by atoms with Crippen LogP contribution in [-0.4, -0.2) is 10.2 Å². The van der Waals surface area contributed by atoms with Gasteiger partial charge < -0.3 is 10.2 Å². The van der Waals surface area contributed by atoms with Gasteiger partial charge in [0.05, 0.1) is 8.95 Å². The molecule has 0 unspecified atom stereocenters. The molecule has 0 aliphatic rings. The molecule has 0 aliphatic carbocycles. The van der Waals surface area contributed by atoms with Gasteiger partial charge in [-0.1, -0.05) is 13.3 Å². The molecule has 2 N–H and O–H groups in total. The van der Waals surface area contributed by atoms with Crippen molar-refractivity contribution in [2.45, 2.75) is 26.2 Å².